The van der Waals surface area contributed by atoms with Crippen molar-refractivity contribution in [2.24, 2.45) is 5.92 Å². The summed E-state index contributed by atoms with van der Waals surface area (Å²) in [6, 6.07) is 8.13. The molecule has 0 aliphatic carbocycles. The molecule has 16 heavy (non-hydrogen) atoms. The van der Waals surface area contributed by atoms with E-state index in [4.69, 9.17) is 0 Å². The molecular weight excluding hydrogens is 266 g/mol. The van der Waals surface area contributed by atoms with Gasteiger partial charge >= 0.3 is 0 Å². The SMILES string of the molecule is CCC(C)C(O)CNCc1ccccc1Br. The molecule has 3 heteroatoms. The topological polar surface area (TPSA) is 32.3 Å². The van der Waals surface area contributed by atoms with Crippen molar-refractivity contribution in [1.29, 1.82) is 0 Å². The third-order valence-electron chi connectivity index (χ3n) is 2.93. The van der Waals surface area contributed by atoms with Gasteiger partial charge in [-0.2, -0.15) is 0 Å². The van der Waals surface area contributed by atoms with Gasteiger partial charge in [-0.1, -0.05) is 54.4 Å². The van der Waals surface area contributed by atoms with Crippen LogP contribution in [0.3, 0.4) is 0 Å². The number of aliphatic hydroxyl groups is 1. The predicted octanol–water partition coefficient (Wildman–Crippen LogP) is 2.95. The van der Waals surface area contributed by atoms with Gasteiger partial charge < -0.3 is 10.4 Å². The Kier molecular flexibility index (Phi) is 6.03. The molecule has 0 heterocycles. The standard InChI is InChI=1S/C13H20BrNO/c1-3-10(2)13(16)9-15-8-11-6-4-5-7-12(11)14/h4-7,10,13,15-16H,3,8-9H2,1-2H3. The van der Waals surface area contributed by atoms with Crippen LogP contribution in [0.5, 0.6) is 0 Å². The second-order valence-corrected chi connectivity index (χ2v) is 5.03. The van der Waals surface area contributed by atoms with E-state index >= 15 is 0 Å². The summed E-state index contributed by atoms with van der Waals surface area (Å²) in [5.74, 6) is 0.353. The van der Waals surface area contributed by atoms with Crippen molar-refractivity contribution in [3.8, 4) is 0 Å². The van der Waals surface area contributed by atoms with Crippen molar-refractivity contribution in [3.05, 3.63) is 34.3 Å². The molecule has 0 saturated heterocycles. The van der Waals surface area contributed by atoms with E-state index in [0.717, 1.165) is 17.4 Å². The fraction of sp³-hybridized carbons (Fsp3) is 0.538. The van der Waals surface area contributed by atoms with Gasteiger partial charge in [0.15, 0.2) is 0 Å². The molecule has 1 aromatic rings. The van der Waals surface area contributed by atoms with Crippen LogP contribution in [0.4, 0.5) is 0 Å². The van der Waals surface area contributed by atoms with E-state index in [-0.39, 0.29) is 6.10 Å². The lowest BCUT2D eigenvalue weighted by Crippen LogP contribution is -2.31. The monoisotopic (exact) mass is 285 g/mol. The first-order chi connectivity index (χ1) is 7.65. The Balaban J connectivity index is 2.33. The van der Waals surface area contributed by atoms with E-state index in [2.05, 4.69) is 41.2 Å². The van der Waals surface area contributed by atoms with E-state index in [1.54, 1.807) is 0 Å². The summed E-state index contributed by atoms with van der Waals surface area (Å²) in [5, 5.41) is 13.1. The van der Waals surface area contributed by atoms with Crippen LogP contribution in [0.25, 0.3) is 0 Å². The third kappa shape index (κ3) is 4.24. The van der Waals surface area contributed by atoms with Gasteiger partial charge in [-0.15, -0.1) is 0 Å². The van der Waals surface area contributed by atoms with E-state index in [0.29, 0.717) is 12.5 Å². The van der Waals surface area contributed by atoms with Crippen LogP contribution in [0, 0.1) is 5.92 Å². The van der Waals surface area contributed by atoms with Crippen molar-refractivity contribution in [1.82, 2.24) is 5.32 Å². The third-order valence-corrected chi connectivity index (χ3v) is 3.70. The fourth-order valence-electron chi connectivity index (χ4n) is 1.47. The largest absolute Gasteiger partial charge is 0.392 e. The van der Waals surface area contributed by atoms with E-state index in [9.17, 15) is 5.11 Å². The van der Waals surface area contributed by atoms with Crippen LogP contribution < -0.4 is 5.32 Å². The maximum Gasteiger partial charge on any atom is 0.0690 e. The van der Waals surface area contributed by atoms with Crippen molar-refractivity contribution < 1.29 is 5.11 Å². The van der Waals surface area contributed by atoms with Crippen LogP contribution in [0.1, 0.15) is 25.8 Å². The number of benzene rings is 1. The summed E-state index contributed by atoms with van der Waals surface area (Å²) < 4.78 is 1.11. The molecule has 0 radical (unpaired) electrons. The van der Waals surface area contributed by atoms with Gasteiger partial charge in [-0.3, -0.25) is 0 Å². The van der Waals surface area contributed by atoms with Crippen LogP contribution in [-0.2, 0) is 6.54 Å². The minimum Gasteiger partial charge on any atom is -0.392 e. The average molecular weight is 286 g/mol. The Morgan fingerprint density at radius 2 is 2.06 bits per heavy atom. The first kappa shape index (κ1) is 13.7. The smallest absolute Gasteiger partial charge is 0.0690 e. The molecule has 0 aliphatic heterocycles. The Hall–Kier alpha value is -0.380. The summed E-state index contributed by atoms with van der Waals surface area (Å²) >= 11 is 3.50. The second kappa shape index (κ2) is 7.05. The number of halogens is 1. The van der Waals surface area contributed by atoms with Crippen molar-refractivity contribution in [3.63, 3.8) is 0 Å². The maximum atomic E-state index is 9.79. The molecule has 0 saturated carbocycles. The number of rotatable bonds is 6. The van der Waals surface area contributed by atoms with Crippen molar-refractivity contribution in [2.45, 2.75) is 32.9 Å². The molecular formula is C13H20BrNO. The quantitative estimate of drug-likeness (QED) is 0.842. The van der Waals surface area contributed by atoms with E-state index < -0.39 is 0 Å². The highest BCUT2D eigenvalue weighted by atomic mass is 79.9. The zero-order valence-electron chi connectivity index (χ0n) is 9.91. The molecule has 2 nitrogen and oxygen atoms in total. The van der Waals surface area contributed by atoms with Gasteiger partial charge in [-0.05, 0) is 17.5 Å². The molecule has 0 fully saturated rings. The molecule has 2 unspecified atom stereocenters. The lowest BCUT2D eigenvalue weighted by atomic mass is 10.0. The van der Waals surface area contributed by atoms with E-state index in [1.165, 1.54) is 5.56 Å². The average Bonchev–Trinajstić information content (AvgIpc) is 2.30. The molecule has 0 aromatic heterocycles. The highest BCUT2D eigenvalue weighted by molar-refractivity contribution is 9.10. The number of hydrogen-bond acceptors (Lipinski definition) is 2. The minimum absolute atomic E-state index is 0.257. The molecule has 2 N–H and O–H groups in total. The van der Waals surface area contributed by atoms with Crippen LogP contribution in [-0.4, -0.2) is 17.8 Å². The van der Waals surface area contributed by atoms with Crippen LogP contribution in [0.15, 0.2) is 28.7 Å². The zero-order chi connectivity index (χ0) is 12.0. The molecule has 0 bridgehead atoms. The number of aliphatic hydroxyl groups excluding tert-OH is 1. The van der Waals surface area contributed by atoms with Gasteiger partial charge in [0.1, 0.15) is 0 Å². The molecule has 0 aliphatic rings. The first-order valence-corrected chi connectivity index (χ1v) is 6.56. The van der Waals surface area contributed by atoms with E-state index in [1.807, 2.05) is 18.2 Å². The Morgan fingerprint density at radius 3 is 2.69 bits per heavy atom. The van der Waals surface area contributed by atoms with Gasteiger partial charge in [0.2, 0.25) is 0 Å². The van der Waals surface area contributed by atoms with Crippen molar-refractivity contribution >= 4 is 15.9 Å². The summed E-state index contributed by atoms with van der Waals surface area (Å²) in [5.41, 5.74) is 1.22. The molecule has 0 amide bonds. The molecule has 2 atom stereocenters. The predicted molar refractivity (Wildman–Crippen MR) is 71.3 cm³/mol. The second-order valence-electron chi connectivity index (χ2n) is 4.18. The van der Waals surface area contributed by atoms with Crippen LogP contribution >= 0.6 is 15.9 Å². The number of hydrogen-bond donors (Lipinski definition) is 2. The Labute approximate surface area is 106 Å². The van der Waals surface area contributed by atoms with Crippen molar-refractivity contribution in [2.75, 3.05) is 6.54 Å². The fourth-order valence-corrected chi connectivity index (χ4v) is 1.89. The lowest BCUT2D eigenvalue weighted by Gasteiger charge is -2.17. The Bertz CT molecular complexity index is 317. The highest BCUT2D eigenvalue weighted by Gasteiger charge is 2.11. The van der Waals surface area contributed by atoms with Gasteiger partial charge in [0, 0.05) is 17.6 Å². The summed E-state index contributed by atoms with van der Waals surface area (Å²) in [4.78, 5) is 0. The normalized spacial score (nSPS) is 14.8. The zero-order valence-corrected chi connectivity index (χ0v) is 11.5. The van der Waals surface area contributed by atoms with Gasteiger partial charge in [-0.25, -0.2) is 0 Å². The molecule has 90 valence electrons. The molecule has 1 aromatic carbocycles. The van der Waals surface area contributed by atoms with Crippen LogP contribution in [0.2, 0.25) is 0 Å². The maximum absolute atomic E-state index is 9.79. The summed E-state index contributed by atoms with van der Waals surface area (Å²) in [6.45, 7) is 5.61. The first-order valence-electron chi connectivity index (χ1n) is 5.77. The molecule has 1 rings (SSSR count). The number of nitrogens with one attached hydrogen (secondary N) is 1. The summed E-state index contributed by atoms with van der Waals surface area (Å²) in [6.07, 6.45) is 0.755. The Morgan fingerprint density at radius 1 is 1.38 bits per heavy atom. The lowest BCUT2D eigenvalue weighted by molar-refractivity contribution is 0.113. The van der Waals surface area contributed by atoms with Gasteiger partial charge in [0.25, 0.3) is 0 Å². The summed E-state index contributed by atoms with van der Waals surface area (Å²) in [7, 11) is 0. The molecule has 0 spiro atoms. The highest BCUT2D eigenvalue weighted by Crippen LogP contribution is 2.15. The van der Waals surface area contributed by atoms with Gasteiger partial charge in [0.05, 0.1) is 6.10 Å². The minimum atomic E-state index is -0.257.